The van der Waals surface area contributed by atoms with E-state index in [-0.39, 0.29) is 25.7 Å². The first-order valence-electron chi connectivity index (χ1n) is 39.7. The molecule has 0 aromatic carbocycles. The van der Waals surface area contributed by atoms with Gasteiger partial charge in [0.15, 0.2) is 12.2 Å². The highest BCUT2D eigenvalue weighted by molar-refractivity contribution is 7.47. The molecule has 3 N–H and O–H groups in total. The highest BCUT2D eigenvalue weighted by Gasteiger charge is 2.30. The predicted octanol–water partition coefficient (Wildman–Crippen LogP) is 22.4. The van der Waals surface area contributed by atoms with Crippen LogP contribution >= 0.6 is 15.6 Å². The molecular weight excluding hydrogens is 1260 g/mol. The predicted molar refractivity (Wildman–Crippen MR) is 391 cm³/mol. The van der Waals surface area contributed by atoms with Crippen molar-refractivity contribution in [3.63, 3.8) is 0 Å². The molecule has 0 rings (SSSR count). The van der Waals surface area contributed by atoms with Crippen LogP contribution in [0.2, 0.25) is 0 Å². The van der Waals surface area contributed by atoms with E-state index in [2.05, 4.69) is 55.4 Å². The SMILES string of the molecule is CCC(C)CCCCCCCCCCCCCCCCCCCCC(=O)O[C@H](COC(=O)CCCCCCCCC(C)C)COP(=O)(O)OC[C@H](O)COP(=O)(O)OC[C@@H](COC(=O)CCCCCCCCCCCCCCCC(C)C)OC(=O)CCCCCCCCC(C)C. The van der Waals surface area contributed by atoms with Gasteiger partial charge >= 0.3 is 39.5 Å². The Morgan fingerprint density at radius 1 is 0.292 bits per heavy atom. The Balaban J connectivity index is 5.11. The van der Waals surface area contributed by atoms with Crippen molar-refractivity contribution in [1.82, 2.24) is 0 Å². The van der Waals surface area contributed by atoms with E-state index in [0.717, 1.165) is 108 Å². The number of aliphatic hydroxyl groups is 1. The lowest BCUT2D eigenvalue weighted by Crippen LogP contribution is -2.30. The Kier molecular flexibility index (Phi) is 65.0. The largest absolute Gasteiger partial charge is 0.472 e. The van der Waals surface area contributed by atoms with E-state index in [1.54, 1.807) is 0 Å². The summed E-state index contributed by atoms with van der Waals surface area (Å²) in [5.74, 6) is 0.884. The van der Waals surface area contributed by atoms with Gasteiger partial charge in [-0.3, -0.25) is 37.3 Å². The smallest absolute Gasteiger partial charge is 0.462 e. The molecule has 0 bridgehead atoms. The molecule has 19 heteroatoms. The number of rotatable bonds is 74. The number of phosphoric ester groups is 2. The fourth-order valence-electron chi connectivity index (χ4n) is 11.7. The Morgan fingerprint density at radius 2 is 0.500 bits per heavy atom. The average Bonchev–Trinajstić information content (AvgIpc) is 1.19. The molecule has 0 saturated heterocycles. The van der Waals surface area contributed by atoms with Crippen LogP contribution in [0.25, 0.3) is 0 Å². The number of aliphatic hydroxyl groups excluding tert-OH is 1. The molecule has 0 aliphatic carbocycles. The van der Waals surface area contributed by atoms with Crippen LogP contribution < -0.4 is 0 Å². The van der Waals surface area contributed by atoms with Crippen molar-refractivity contribution >= 4 is 39.5 Å². The summed E-state index contributed by atoms with van der Waals surface area (Å²) in [5, 5.41) is 10.6. The molecule has 0 aliphatic rings. The number of unbranched alkanes of at least 4 members (excludes halogenated alkanes) is 39. The van der Waals surface area contributed by atoms with Crippen molar-refractivity contribution in [1.29, 1.82) is 0 Å². The van der Waals surface area contributed by atoms with Crippen molar-refractivity contribution in [2.24, 2.45) is 23.7 Å². The zero-order valence-corrected chi connectivity index (χ0v) is 64.8. The van der Waals surface area contributed by atoms with Gasteiger partial charge in [-0.25, -0.2) is 9.13 Å². The zero-order chi connectivity index (χ0) is 71.0. The number of carbonyl (C=O) groups excluding carboxylic acids is 4. The lowest BCUT2D eigenvalue weighted by molar-refractivity contribution is -0.161. The minimum atomic E-state index is -4.96. The molecule has 0 aromatic rings. The Hall–Kier alpha value is -1.94. The summed E-state index contributed by atoms with van der Waals surface area (Å²) < 4.78 is 68.4. The van der Waals surface area contributed by atoms with Crippen molar-refractivity contribution in [2.75, 3.05) is 39.6 Å². The minimum absolute atomic E-state index is 0.102. The van der Waals surface area contributed by atoms with Crippen molar-refractivity contribution in [2.45, 2.75) is 408 Å². The molecular formula is C77H150O17P2. The Bertz CT molecular complexity index is 1890. The van der Waals surface area contributed by atoms with Crippen LogP contribution in [0, 0.1) is 23.7 Å². The first kappa shape index (κ1) is 94.1. The van der Waals surface area contributed by atoms with Gasteiger partial charge in [0.1, 0.15) is 19.3 Å². The minimum Gasteiger partial charge on any atom is -0.462 e. The van der Waals surface area contributed by atoms with Gasteiger partial charge in [0, 0.05) is 25.7 Å². The fourth-order valence-corrected chi connectivity index (χ4v) is 13.3. The molecule has 0 saturated carbocycles. The monoisotopic (exact) mass is 1410 g/mol. The first-order chi connectivity index (χ1) is 46.1. The maximum Gasteiger partial charge on any atom is 0.472 e. The van der Waals surface area contributed by atoms with Gasteiger partial charge in [0.2, 0.25) is 0 Å². The van der Waals surface area contributed by atoms with E-state index in [4.69, 9.17) is 37.0 Å². The average molecular weight is 1410 g/mol. The van der Waals surface area contributed by atoms with Gasteiger partial charge in [0.25, 0.3) is 0 Å². The third kappa shape index (κ3) is 69.2. The number of ether oxygens (including phenoxy) is 4. The van der Waals surface area contributed by atoms with Gasteiger partial charge in [-0.2, -0.15) is 0 Å². The second-order valence-electron chi connectivity index (χ2n) is 29.4. The summed E-state index contributed by atoms with van der Waals surface area (Å²) in [5.41, 5.74) is 0. The van der Waals surface area contributed by atoms with Gasteiger partial charge in [0.05, 0.1) is 26.4 Å². The standard InChI is InChI=1S/C77H150O17P2/c1-9-70(8)56-48-40-30-26-22-18-14-12-10-11-13-15-19-24-28-32-43-51-59-76(81)93-72(64-88-75(80)58-50-42-35-33-38-46-54-68(4)5)65-91-95(83,84)89-61-71(78)62-90-96(85,86)92-66-73(94-77(82)60-52-44-36-34-39-47-55-69(6)7)63-87-74(79)57-49-41-31-27-23-20-16-17-21-25-29-37-45-53-67(2)3/h67-73,78H,9-66H2,1-8H3,(H,83,84)(H,85,86)/t70?,71-,72+,73+/m0/s1. The number of hydrogen-bond donors (Lipinski definition) is 3. The molecule has 6 atom stereocenters. The zero-order valence-electron chi connectivity index (χ0n) is 63.0. The second-order valence-corrected chi connectivity index (χ2v) is 32.3. The number of esters is 4. The highest BCUT2D eigenvalue weighted by Crippen LogP contribution is 2.45. The first-order valence-corrected chi connectivity index (χ1v) is 42.7. The van der Waals surface area contributed by atoms with Gasteiger partial charge in [-0.1, -0.05) is 338 Å². The van der Waals surface area contributed by atoms with Crippen LogP contribution in [0.4, 0.5) is 0 Å². The fraction of sp³-hybridized carbons (Fsp3) is 0.948. The van der Waals surface area contributed by atoms with E-state index >= 15 is 0 Å². The molecule has 3 unspecified atom stereocenters. The quantitative estimate of drug-likeness (QED) is 0.0222. The van der Waals surface area contributed by atoms with Gasteiger partial charge in [-0.15, -0.1) is 0 Å². The summed E-state index contributed by atoms with van der Waals surface area (Å²) in [6, 6.07) is 0. The van der Waals surface area contributed by atoms with Gasteiger partial charge < -0.3 is 33.8 Å². The molecule has 0 aromatic heterocycles. The summed E-state index contributed by atoms with van der Waals surface area (Å²) >= 11 is 0. The van der Waals surface area contributed by atoms with E-state index < -0.39 is 97.5 Å². The van der Waals surface area contributed by atoms with Crippen LogP contribution in [0.5, 0.6) is 0 Å². The van der Waals surface area contributed by atoms with Crippen LogP contribution in [-0.4, -0.2) is 96.7 Å². The summed E-state index contributed by atoms with van der Waals surface area (Å²) in [6.45, 7) is 14.1. The molecule has 0 aliphatic heterocycles. The number of carbonyl (C=O) groups is 4. The van der Waals surface area contributed by atoms with Crippen LogP contribution in [0.15, 0.2) is 0 Å². The molecule has 0 heterocycles. The molecule has 0 fully saturated rings. The molecule has 0 radical (unpaired) electrons. The maximum absolute atomic E-state index is 13.1. The van der Waals surface area contributed by atoms with Crippen LogP contribution in [0.1, 0.15) is 389 Å². The molecule has 570 valence electrons. The maximum atomic E-state index is 13.1. The lowest BCUT2D eigenvalue weighted by atomic mass is 9.99. The Morgan fingerprint density at radius 3 is 0.740 bits per heavy atom. The second kappa shape index (κ2) is 66.3. The topological polar surface area (TPSA) is 237 Å². The highest BCUT2D eigenvalue weighted by atomic mass is 31.2. The van der Waals surface area contributed by atoms with Crippen LogP contribution in [0.3, 0.4) is 0 Å². The van der Waals surface area contributed by atoms with Crippen molar-refractivity contribution < 1.29 is 80.2 Å². The lowest BCUT2D eigenvalue weighted by Gasteiger charge is -2.21. The number of phosphoric acid groups is 2. The van der Waals surface area contributed by atoms with E-state index in [1.807, 2.05) is 0 Å². The van der Waals surface area contributed by atoms with E-state index in [0.29, 0.717) is 37.5 Å². The Labute approximate surface area is 588 Å². The molecule has 17 nitrogen and oxygen atoms in total. The summed E-state index contributed by atoms with van der Waals surface area (Å²) in [7, 11) is -9.91. The molecule has 96 heavy (non-hydrogen) atoms. The molecule has 0 spiro atoms. The van der Waals surface area contributed by atoms with E-state index in [9.17, 15) is 43.2 Å². The third-order valence-electron chi connectivity index (χ3n) is 18.2. The summed E-state index contributed by atoms with van der Waals surface area (Å²) in [4.78, 5) is 72.7. The van der Waals surface area contributed by atoms with Gasteiger partial charge in [-0.05, 0) is 49.4 Å². The van der Waals surface area contributed by atoms with Crippen LogP contribution in [-0.2, 0) is 65.4 Å². The molecule has 0 amide bonds. The third-order valence-corrected chi connectivity index (χ3v) is 20.1. The van der Waals surface area contributed by atoms with E-state index in [1.165, 1.54) is 186 Å². The van der Waals surface area contributed by atoms with Crippen molar-refractivity contribution in [3.05, 3.63) is 0 Å². The normalized spacial score (nSPS) is 14.4. The van der Waals surface area contributed by atoms with Crippen molar-refractivity contribution in [3.8, 4) is 0 Å². The summed E-state index contributed by atoms with van der Waals surface area (Å²) in [6.07, 6.45) is 51.8. The number of hydrogen-bond acceptors (Lipinski definition) is 15.